The SMILES string of the molecule is CCNC1CCC(N2CCCCC2C)C1. The molecular formula is C13H26N2. The van der Waals surface area contributed by atoms with Crippen LogP contribution in [0, 0.1) is 0 Å². The summed E-state index contributed by atoms with van der Waals surface area (Å²) in [5.74, 6) is 0. The Kier molecular flexibility index (Phi) is 4.04. The van der Waals surface area contributed by atoms with Gasteiger partial charge in [-0.2, -0.15) is 0 Å². The highest BCUT2D eigenvalue weighted by molar-refractivity contribution is 4.89. The number of likely N-dealkylation sites (tertiary alicyclic amines) is 1. The van der Waals surface area contributed by atoms with E-state index < -0.39 is 0 Å². The van der Waals surface area contributed by atoms with Gasteiger partial charge in [-0.1, -0.05) is 13.3 Å². The lowest BCUT2D eigenvalue weighted by molar-refractivity contribution is 0.106. The predicted octanol–water partition coefficient (Wildman–Crippen LogP) is 2.39. The molecule has 0 aromatic heterocycles. The van der Waals surface area contributed by atoms with Crippen molar-refractivity contribution in [3.8, 4) is 0 Å². The van der Waals surface area contributed by atoms with Crippen LogP contribution in [-0.2, 0) is 0 Å². The van der Waals surface area contributed by atoms with Crippen LogP contribution in [0.1, 0.15) is 52.4 Å². The first kappa shape index (κ1) is 11.4. The Hall–Kier alpha value is -0.0800. The Morgan fingerprint density at radius 2 is 2.07 bits per heavy atom. The molecule has 0 amide bonds. The quantitative estimate of drug-likeness (QED) is 0.769. The molecule has 1 heterocycles. The standard InChI is InChI=1S/C13H26N2/c1-3-14-12-7-8-13(10-12)15-9-5-4-6-11(15)2/h11-14H,3-10H2,1-2H3. The first-order valence-electron chi connectivity index (χ1n) is 6.80. The van der Waals surface area contributed by atoms with E-state index in [2.05, 4.69) is 24.1 Å². The molecule has 1 N–H and O–H groups in total. The lowest BCUT2D eigenvalue weighted by Crippen LogP contribution is -2.44. The summed E-state index contributed by atoms with van der Waals surface area (Å²) in [6.07, 6.45) is 8.48. The summed E-state index contributed by atoms with van der Waals surface area (Å²) in [7, 11) is 0. The predicted molar refractivity (Wildman–Crippen MR) is 65.1 cm³/mol. The molecule has 88 valence electrons. The zero-order valence-corrected chi connectivity index (χ0v) is 10.3. The normalized spacial score (nSPS) is 38.4. The van der Waals surface area contributed by atoms with E-state index in [1.807, 2.05) is 0 Å². The molecule has 3 atom stereocenters. The zero-order valence-electron chi connectivity index (χ0n) is 10.3. The number of nitrogens with one attached hydrogen (secondary N) is 1. The molecule has 2 heteroatoms. The highest BCUT2D eigenvalue weighted by atomic mass is 15.2. The molecule has 0 aromatic rings. The van der Waals surface area contributed by atoms with E-state index in [1.165, 1.54) is 45.1 Å². The molecule has 2 aliphatic rings. The van der Waals surface area contributed by atoms with Gasteiger partial charge >= 0.3 is 0 Å². The zero-order chi connectivity index (χ0) is 10.7. The summed E-state index contributed by atoms with van der Waals surface area (Å²) in [5.41, 5.74) is 0. The van der Waals surface area contributed by atoms with Crippen molar-refractivity contribution in [2.24, 2.45) is 0 Å². The van der Waals surface area contributed by atoms with E-state index in [9.17, 15) is 0 Å². The molecule has 1 saturated heterocycles. The van der Waals surface area contributed by atoms with E-state index in [0.29, 0.717) is 0 Å². The summed E-state index contributed by atoms with van der Waals surface area (Å²) in [4.78, 5) is 2.78. The number of nitrogens with zero attached hydrogens (tertiary/aromatic N) is 1. The summed E-state index contributed by atoms with van der Waals surface area (Å²) in [6.45, 7) is 7.12. The van der Waals surface area contributed by atoms with Crippen LogP contribution >= 0.6 is 0 Å². The van der Waals surface area contributed by atoms with Crippen LogP contribution < -0.4 is 5.32 Å². The Balaban J connectivity index is 1.83. The first-order valence-corrected chi connectivity index (χ1v) is 6.80. The molecule has 0 bridgehead atoms. The molecule has 2 rings (SSSR count). The summed E-state index contributed by atoms with van der Waals surface area (Å²) >= 11 is 0. The monoisotopic (exact) mass is 210 g/mol. The fraction of sp³-hybridized carbons (Fsp3) is 1.00. The summed E-state index contributed by atoms with van der Waals surface area (Å²) < 4.78 is 0. The van der Waals surface area contributed by atoms with Crippen molar-refractivity contribution in [1.82, 2.24) is 10.2 Å². The Morgan fingerprint density at radius 3 is 2.80 bits per heavy atom. The average Bonchev–Trinajstić information content (AvgIpc) is 2.68. The van der Waals surface area contributed by atoms with Crippen molar-refractivity contribution >= 4 is 0 Å². The maximum atomic E-state index is 3.60. The molecule has 0 spiro atoms. The molecule has 0 aromatic carbocycles. The van der Waals surface area contributed by atoms with E-state index in [1.54, 1.807) is 0 Å². The minimum atomic E-state index is 0.800. The number of hydrogen-bond donors (Lipinski definition) is 1. The van der Waals surface area contributed by atoms with Gasteiger partial charge in [-0.15, -0.1) is 0 Å². The van der Waals surface area contributed by atoms with Crippen LogP contribution in [0.2, 0.25) is 0 Å². The van der Waals surface area contributed by atoms with Gasteiger partial charge in [0.15, 0.2) is 0 Å². The van der Waals surface area contributed by atoms with Gasteiger partial charge in [0.25, 0.3) is 0 Å². The van der Waals surface area contributed by atoms with Gasteiger partial charge in [-0.05, 0) is 52.1 Å². The van der Waals surface area contributed by atoms with Crippen molar-refractivity contribution in [2.45, 2.75) is 70.5 Å². The van der Waals surface area contributed by atoms with Crippen LogP contribution in [0.15, 0.2) is 0 Å². The van der Waals surface area contributed by atoms with Crippen LogP contribution in [0.25, 0.3) is 0 Å². The lowest BCUT2D eigenvalue weighted by atomic mass is 10.0. The summed E-state index contributed by atoms with van der Waals surface area (Å²) in [6, 6.07) is 2.52. The van der Waals surface area contributed by atoms with Gasteiger partial charge in [0.05, 0.1) is 0 Å². The highest BCUT2D eigenvalue weighted by Gasteiger charge is 2.32. The van der Waals surface area contributed by atoms with Crippen molar-refractivity contribution in [3.63, 3.8) is 0 Å². The largest absolute Gasteiger partial charge is 0.314 e. The van der Waals surface area contributed by atoms with E-state index >= 15 is 0 Å². The molecule has 3 unspecified atom stereocenters. The maximum Gasteiger partial charge on any atom is 0.0113 e. The second-order valence-corrected chi connectivity index (χ2v) is 5.30. The van der Waals surface area contributed by atoms with E-state index in [-0.39, 0.29) is 0 Å². The smallest absolute Gasteiger partial charge is 0.0113 e. The van der Waals surface area contributed by atoms with Gasteiger partial charge in [-0.25, -0.2) is 0 Å². The third kappa shape index (κ3) is 2.73. The minimum Gasteiger partial charge on any atom is -0.314 e. The fourth-order valence-corrected chi connectivity index (χ4v) is 3.40. The first-order chi connectivity index (χ1) is 7.31. The van der Waals surface area contributed by atoms with Gasteiger partial charge < -0.3 is 5.32 Å². The maximum absolute atomic E-state index is 3.60. The van der Waals surface area contributed by atoms with Crippen molar-refractivity contribution in [2.75, 3.05) is 13.1 Å². The summed E-state index contributed by atoms with van der Waals surface area (Å²) in [5, 5.41) is 3.60. The molecular weight excluding hydrogens is 184 g/mol. The number of piperidine rings is 1. The van der Waals surface area contributed by atoms with Crippen LogP contribution in [0.4, 0.5) is 0 Å². The Bertz CT molecular complexity index is 193. The van der Waals surface area contributed by atoms with Gasteiger partial charge in [-0.3, -0.25) is 4.90 Å². The molecule has 1 aliphatic heterocycles. The van der Waals surface area contributed by atoms with Gasteiger partial charge in [0.1, 0.15) is 0 Å². The topological polar surface area (TPSA) is 15.3 Å². The number of hydrogen-bond acceptors (Lipinski definition) is 2. The second kappa shape index (κ2) is 5.31. The number of rotatable bonds is 3. The van der Waals surface area contributed by atoms with Crippen LogP contribution in [0.5, 0.6) is 0 Å². The fourth-order valence-electron chi connectivity index (χ4n) is 3.40. The minimum absolute atomic E-state index is 0.800. The molecule has 2 nitrogen and oxygen atoms in total. The highest BCUT2D eigenvalue weighted by Crippen LogP contribution is 2.29. The Morgan fingerprint density at radius 1 is 1.20 bits per heavy atom. The molecule has 2 fully saturated rings. The molecule has 0 radical (unpaired) electrons. The third-order valence-corrected chi connectivity index (χ3v) is 4.22. The van der Waals surface area contributed by atoms with Crippen molar-refractivity contribution < 1.29 is 0 Å². The average molecular weight is 210 g/mol. The van der Waals surface area contributed by atoms with E-state index in [4.69, 9.17) is 0 Å². The van der Waals surface area contributed by atoms with Crippen molar-refractivity contribution in [1.29, 1.82) is 0 Å². The molecule has 15 heavy (non-hydrogen) atoms. The van der Waals surface area contributed by atoms with Crippen LogP contribution in [0.3, 0.4) is 0 Å². The van der Waals surface area contributed by atoms with Gasteiger partial charge in [0.2, 0.25) is 0 Å². The second-order valence-electron chi connectivity index (χ2n) is 5.30. The van der Waals surface area contributed by atoms with Crippen LogP contribution in [-0.4, -0.2) is 36.1 Å². The van der Waals surface area contributed by atoms with Gasteiger partial charge in [0, 0.05) is 18.1 Å². The third-order valence-electron chi connectivity index (χ3n) is 4.22. The van der Waals surface area contributed by atoms with E-state index in [0.717, 1.165) is 24.7 Å². The lowest BCUT2D eigenvalue weighted by Gasteiger charge is -2.38. The molecule has 1 aliphatic carbocycles. The Labute approximate surface area is 94.4 Å². The molecule has 1 saturated carbocycles. The van der Waals surface area contributed by atoms with Crippen molar-refractivity contribution in [3.05, 3.63) is 0 Å².